The lowest BCUT2D eigenvalue weighted by Gasteiger charge is -2.34. The van der Waals surface area contributed by atoms with Gasteiger partial charge in [0.05, 0.1) is 0 Å². The van der Waals surface area contributed by atoms with Gasteiger partial charge >= 0.3 is 0 Å². The Morgan fingerprint density at radius 3 is 2.70 bits per heavy atom. The van der Waals surface area contributed by atoms with Crippen molar-refractivity contribution in [1.82, 2.24) is 14.7 Å². The van der Waals surface area contributed by atoms with E-state index in [1.54, 1.807) is 0 Å². The van der Waals surface area contributed by atoms with Gasteiger partial charge in [0.15, 0.2) is 5.69 Å². The number of nitrogens with two attached hydrogens (primary N) is 1. The molecule has 1 saturated heterocycles. The quantitative estimate of drug-likeness (QED) is 0.916. The molecule has 0 saturated carbocycles. The summed E-state index contributed by atoms with van der Waals surface area (Å²) in [7, 11) is 1.90. The Bertz CT molecular complexity index is 478. The van der Waals surface area contributed by atoms with E-state index in [9.17, 15) is 4.79 Å². The van der Waals surface area contributed by atoms with E-state index in [0.717, 1.165) is 31.6 Å². The van der Waals surface area contributed by atoms with Gasteiger partial charge in [-0.15, -0.1) is 0 Å². The molecule has 0 spiro atoms. The molecule has 2 atom stereocenters. The largest absolute Gasteiger partial charge is 0.337 e. The average molecular weight is 278 g/mol. The summed E-state index contributed by atoms with van der Waals surface area (Å²) in [6, 6.07) is 2.06. The highest BCUT2D eigenvalue weighted by Gasteiger charge is 2.28. The minimum atomic E-state index is 0.0397. The summed E-state index contributed by atoms with van der Waals surface area (Å²) in [5, 5.41) is 4.37. The van der Waals surface area contributed by atoms with Crippen LogP contribution >= 0.6 is 0 Å². The molecule has 1 aliphatic rings. The second-order valence-corrected chi connectivity index (χ2v) is 6.25. The molecule has 5 nitrogen and oxygen atoms in total. The van der Waals surface area contributed by atoms with Crippen LogP contribution in [0.4, 0.5) is 0 Å². The summed E-state index contributed by atoms with van der Waals surface area (Å²) >= 11 is 0. The summed E-state index contributed by atoms with van der Waals surface area (Å²) in [4.78, 5) is 14.5. The number of hydrogen-bond acceptors (Lipinski definition) is 3. The van der Waals surface area contributed by atoms with E-state index in [1.807, 2.05) is 29.6 Å². The van der Waals surface area contributed by atoms with Crippen LogP contribution in [0.25, 0.3) is 0 Å². The predicted molar refractivity (Wildman–Crippen MR) is 79.6 cm³/mol. The van der Waals surface area contributed by atoms with Crippen LogP contribution in [0.2, 0.25) is 0 Å². The Hall–Kier alpha value is -1.36. The molecule has 2 N–H and O–H groups in total. The van der Waals surface area contributed by atoms with E-state index in [0.29, 0.717) is 17.5 Å². The molecular weight excluding hydrogens is 252 g/mol. The Kier molecular flexibility index (Phi) is 4.48. The summed E-state index contributed by atoms with van der Waals surface area (Å²) in [5.74, 6) is 0.811. The van der Waals surface area contributed by atoms with Crippen LogP contribution in [0.5, 0.6) is 0 Å². The summed E-state index contributed by atoms with van der Waals surface area (Å²) < 4.78 is 1.81. The van der Waals surface area contributed by atoms with E-state index in [-0.39, 0.29) is 11.9 Å². The number of carbonyl (C=O) groups excluding carboxylic acids is 1. The monoisotopic (exact) mass is 278 g/mol. The van der Waals surface area contributed by atoms with E-state index in [4.69, 9.17) is 5.73 Å². The summed E-state index contributed by atoms with van der Waals surface area (Å²) in [5.41, 5.74) is 7.63. The number of likely N-dealkylation sites (tertiary alicyclic amines) is 1. The number of rotatable bonds is 3. The van der Waals surface area contributed by atoms with Crippen LogP contribution in [0.15, 0.2) is 6.07 Å². The molecule has 0 unspecified atom stereocenters. The van der Waals surface area contributed by atoms with Gasteiger partial charge in [0.25, 0.3) is 5.91 Å². The Balaban J connectivity index is 2.13. The van der Waals surface area contributed by atoms with Crippen molar-refractivity contribution in [2.75, 3.05) is 13.1 Å². The number of piperidine rings is 1. The smallest absolute Gasteiger partial charge is 0.274 e. The van der Waals surface area contributed by atoms with Crippen molar-refractivity contribution in [3.63, 3.8) is 0 Å². The molecule has 20 heavy (non-hydrogen) atoms. The van der Waals surface area contributed by atoms with E-state index < -0.39 is 0 Å². The first-order chi connectivity index (χ1) is 9.40. The molecule has 1 amide bonds. The molecular formula is C15H26N4O. The number of aryl methyl sites for hydroxylation is 1. The fourth-order valence-corrected chi connectivity index (χ4v) is 2.91. The van der Waals surface area contributed by atoms with Crippen LogP contribution in [0.3, 0.4) is 0 Å². The molecule has 1 aromatic heterocycles. The van der Waals surface area contributed by atoms with Crippen LogP contribution in [-0.4, -0.2) is 39.7 Å². The second kappa shape index (κ2) is 5.95. The highest BCUT2D eigenvalue weighted by molar-refractivity contribution is 5.92. The first-order valence-electron chi connectivity index (χ1n) is 7.49. The zero-order valence-corrected chi connectivity index (χ0v) is 13.0. The zero-order valence-electron chi connectivity index (χ0n) is 13.0. The number of amides is 1. The third-order valence-electron chi connectivity index (χ3n) is 4.22. The van der Waals surface area contributed by atoms with E-state index >= 15 is 0 Å². The normalized spacial score (nSPS) is 21.3. The van der Waals surface area contributed by atoms with E-state index in [2.05, 4.69) is 18.9 Å². The molecule has 1 fully saturated rings. The van der Waals surface area contributed by atoms with E-state index in [1.165, 1.54) is 0 Å². The lowest BCUT2D eigenvalue weighted by atomic mass is 9.92. The third kappa shape index (κ3) is 3.03. The minimum absolute atomic E-state index is 0.0397. The van der Waals surface area contributed by atoms with Gasteiger partial charge in [0.1, 0.15) is 0 Å². The maximum absolute atomic E-state index is 12.6. The van der Waals surface area contributed by atoms with Gasteiger partial charge in [-0.05, 0) is 37.7 Å². The van der Waals surface area contributed by atoms with Crippen LogP contribution in [-0.2, 0) is 7.05 Å². The molecule has 0 bridgehead atoms. The molecule has 0 aliphatic carbocycles. The lowest BCUT2D eigenvalue weighted by molar-refractivity contribution is 0.0654. The molecule has 1 aliphatic heterocycles. The fraction of sp³-hybridized carbons (Fsp3) is 0.733. The van der Waals surface area contributed by atoms with Gasteiger partial charge < -0.3 is 10.6 Å². The maximum Gasteiger partial charge on any atom is 0.274 e. The Morgan fingerprint density at radius 1 is 1.45 bits per heavy atom. The van der Waals surface area contributed by atoms with Gasteiger partial charge in [-0.25, -0.2) is 0 Å². The lowest BCUT2D eigenvalue weighted by Crippen LogP contribution is -2.45. The minimum Gasteiger partial charge on any atom is -0.337 e. The molecule has 2 rings (SSSR count). The van der Waals surface area contributed by atoms with Gasteiger partial charge in [0.2, 0.25) is 0 Å². The van der Waals surface area contributed by atoms with Crippen molar-refractivity contribution >= 4 is 5.91 Å². The maximum atomic E-state index is 12.6. The SMILES string of the molecule is CC(C)c1cc(C(=O)N2CCC[C@@H]([C@H](C)N)C2)nn1C. The molecule has 0 aromatic carbocycles. The van der Waals surface area contributed by atoms with Crippen LogP contribution in [0.1, 0.15) is 55.7 Å². The van der Waals surface area contributed by atoms with Gasteiger partial charge in [0, 0.05) is 31.9 Å². The fourth-order valence-electron chi connectivity index (χ4n) is 2.91. The zero-order chi connectivity index (χ0) is 14.9. The summed E-state index contributed by atoms with van der Waals surface area (Å²) in [6.45, 7) is 7.81. The van der Waals surface area contributed by atoms with Crippen molar-refractivity contribution in [1.29, 1.82) is 0 Å². The Labute approximate surface area is 121 Å². The topological polar surface area (TPSA) is 64.2 Å². The number of carbonyl (C=O) groups is 1. The molecule has 1 aromatic rings. The molecule has 112 valence electrons. The second-order valence-electron chi connectivity index (χ2n) is 6.25. The standard InChI is InChI=1S/C15H26N4O/c1-10(2)14-8-13(17-18(14)4)15(20)19-7-5-6-12(9-19)11(3)16/h8,10-12H,5-7,9,16H2,1-4H3/t11-,12+/m0/s1. The summed E-state index contributed by atoms with van der Waals surface area (Å²) in [6.07, 6.45) is 2.14. The van der Waals surface area contributed by atoms with Crippen molar-refractivity contribution in [3.05, 3.63) is 17.5 Å². The van der Waals surface area contributed by atoms with Crippen molar-refractivity contribution in [2.45, 2.75) is 45.6 Å². The molecule has 0 radical (unpaired) electrons. The van der Waals surface area contributed by atoms with Gasteiger partial charge in [-0.2, -0.15) is 5.10 Å². The first kappa shape index (κ1) is 15.0. The van der Waals surface area contributed by atoms with Gasteiger partial charge in [-0.3, -0.25) is 9.48 Å². The molecule has 2 heterocycles. The third-order valence-corrected chi connectivity index (χ3v) is 4.22. The van der Waals surface area contributed by atoms with Crippen LogP contribution < -0.4 is 5.73 Å². The number of nitrogens with zero attached hydrogens (tertiary/aromatic N) is 3. The van der Waals surface area contributed by atoms with Crippen LogP contribution in [0, 0.1) is 5.92 Å². The predicted octanol–water partition coefficient (Wildman–Crippen LogP) is 1.74. The highest BCUT2D eigenvalue weighted by atomic mass is 16.2. The van der Waals surface area contributed by atoms with Gasteiger partial charge in [-0.1, -0.05) is 13.8 Å². The molecule has 5 heteroatoms. The number of hydrogen-bond donors (Lipinski definition) is 1. The first-order valence-corrected chi connectivity index (χ1v) is 7.49. The average Bonchev–Trinajstić information content (AvgIpc) is 2.80. The highest BCUT2D eigenvalue weighted by Crippen LogP contribution is 2.21. The van der Waals surface area contributed by atoms with Crippen molar-refractivity contribution in [2.24, 2.45) is 18.7 Å². The van der Waals surface area contributed by atoms with Crippen molar-refractivity contribution < 1.29 is 4.79 Å². The number of aromatic nitrogens is 2. The van der Waals surface area contributed by atoms with Crippen molar-refractivity contribution in [3.8, 4) is 0 Å². The Morgan fingerprint density at radius 2 is 2.15 bits per heavy atom.